The lowest BCUT2D eigenvalue weighted by Gasteiger charge is -2.07. The van der Waals surface area contributed by atoms with Gasteiger partial charge in [0, 0.05) is 17.2 Å². The predicted octanol–water partition coefficient (Wildman–Crippen LogP) is 6.13. The molecule has 0 radical (unpaired) electrons. The molecule has 4 aromatic rings. The number of halogens is 1. The van der Waals surface area contributed by atoms with Crippen molar-refractivity contribution in [3.63, 3.8) is 0 Å². The van der Waals surface area contributed by atoms with Crippen molar-refractivity contribution < 1.29 is 0 Å². The zero-order valence-electron chi connectivity index (χ0n) is 13.4. The molecule has 0 saturated heterocycles. The number of nitrogens with zero attached hydrogens (tertiary/aromatic N) is 2. The summed E-state index contributed by atoms with van der Waals surface area (Å²) in [4.78, 5) is 9.07. The summed E-state index contributed by atoms with van der Waals surface area (Å²) >= 11 is 6.23. The van der Waals surface area contributed by atoms with E-state index in [9.17, 15) is 0 Å². The van der Waals surface area contributed by atoms with Gasteiger partial charge < -0.3 is 0 Å². The van der Waals surface area contributed by atoms with Crippen LogP contribution in [0, 0.1) is 0 Å². The smallest absolute Gasteiger partial charge is 0.161 e. The molecule has 25 heavy (non-hydrogen) atoms. The SMILES string of the molecule is Clc1cc(-c2ccccc2)nc(-c2ccc(-c3ccccc3)cc2)n1. The highest BCUT2D eigenvalue weighted by Gasteiger charge is 2.08. The van der Waals surface area contributed by atoms with Gasteiger partial charge in [0.05, 0.1) is 5.69 Å². The van der Waals surface area contributed by atoms with Crippen LogP contribution in [-0.4, -0.2) is 9.97 Å². The summed E-state index contributed by atoms with van der Waals surface area (Å²) < 4.78 is 0. The molecule has 0 amide bonds. The fourth-order valence-corrected chi connectivity index (χ4v) is 2.93. The molecule has 0 aliphatic rings. The van der Waals surface area contributed by atoms with E-state index in [4.69, 9.17) is 11.6 Å². The number of benzene rings is 3. The second-order valence-corrected chi connectivity index (χ2v) is 6.10. The van der Waals surface area contributed by atoms with Crippen LogP contribution in [0.25, 0.3) is 33.8 Å². The van der Waals surface area contributed by atoms with Crippen LogP contribution < -0.4 is 0 Å². The summed E-state index contributed by atoms with van der Waals surface area (Å²) in [5.41, 5.74) is 5.14. The van der Waals surface area contributed by atoms with Gasteiger partial charge >= 0.3 is 0 Å². The molecule has 0 unspecified atom stereocenters. The number of rotatable bonds is 3. The Labute approximate surface area is 151 Å². The van der Waals surface area contributed by atoms with Crippen molar-refractivity contribution in [1.29, 1.82) is 0 Å². The maximum atomic E-state index is 6.23. The average molecular weight is 343 g/mol. The van der Waals surface area contributed by atoms with Crippen LogP contribution >= 0.6 is 11.6 Å². The summed E-state index contributed by atoms with van der Waals surface area (Å²) in [5, 5.41) is 0.441. The third-order valence-corrected chi connectivity index (χ3v) is 4.21. The minimum Gasteiger partial charge on any atom is -0.228 e. The van der Waals surface area contributed by atoms with Crippen molar-refractivity contribution in [1.82, 2.24) is 9.97 Å². The van der Waals surface area contributed by atoms with E-state index in [1.807, 2.05) is 60.7 Å². The molecule has 2 nitrogen and oxygen atoms in total. The molecule has 4 rings (SSSR count). The molecule has 0 saturated carbocycles. The van der Waals surface area contributed by atoms with Gasteiger partial charge in [0.2, 0.25) is 0 Å². The first-order valence-electron chi connectivity index (χ1n) is 8.05. The molecule has 0 N–H and O–H groups in total. The topological polar surface area (TPSA) is 25.8 Å². The Morgan fingerprint density at radius 1 is 0.520 bits per heavy atom. The largest absolute Gasteiger partial charge is 0.228 e. The number of hydrogen-bond donors (Lipinski definition) is 0. The lowest BCUT2D eigenvalue weighted by molar-refractivity contribution is 1.18. The highest BCUT2D eigenvalue weighted by Crippen LogP contribution is 2.26. The van der Waals surface area contributed by atoms with E-state index < -0.39 is 0 Å². The van der Waals surface area contributed by atoms with Crippen LogP contribution in [0.3, 0.4) is 0 Å². The molecule has 1 aromatic heterocycles. The molecule has 0 aliphatic heterocycles. The fraction of sp³-hybridized carbons (Fsp3) is 0. The Morgan fingerprint density at radius 3 is 1.68 bits per heavy atom. The fourth-order valence-electron chi connectivity index (χ4n) is 2.75. The molecule has 0 aliphatic carbocycles. The third-order valence-electron chi connectivity index (χ3n) is 4.01. The molecule has 3 heteroatoms. The molecule has 0 spiro atoms. The maximum Gasteiger partial charge on any atom is 0.161 e. The molecule has 1 heterocycles. The van der Waals surface area contributed by atoms with Crippen molar-refractivity contribution in [3.8, 4) is 33.8 Å². The highest BCUT2D eigenvalue weighted by atomic mass is 35.5. The Bertz CT molecular complexity index is 981. The van der Waals surface area contributed by atoms with Crippen LogP contribution in [0.15, 0.2) is 91.0 Å². The molecule has 3 aromatic carbocycles. The minimum atomic E-state index is 0.441. The van der Waals surface area contributed by atoms with Gasteiger partial charge in [-0.15, -0.1) is 0 Å². The number of aromatic nitrogens is 2. The second-order valence-electron chi connectivity index (χ2n) is 5.71. The molecule has 0 bridgehead atoms. The van der Waals surface area contributed by atoms with Gasteiger partial charge in [-0.3, -0.25) is 0 Å². The van der Waals surface area contributed by atoms with Crippen LogP contribution in [0.5, 0.6) is 0 Å². The Kier molecular flexibility index (Phi) is 4.28. The number of hydrogen-bond acceptors (Lipinski definition) is 2. The lowest BCUT2D eigenvalue weighted by Crippen LogP contribution is -1.93. The monoisotopic (exact) mass is 342 g/mol. The van der Waals surface area contributed by atoms with Crippen molar-refractivity contribution >= 4 is 11.6 Å². The van der Waals surface area contributed by atoms with Gasteiger partial charge in [0.1, 0.15) is 5.15 Å². The lowest BCUT2D eigenvalue weighted by atomic mass is 10.0. The van der Waals surface area contributed by atoms with Crippen LogP contribution in [0.2, 0.25) is 5.15 Å². The van der Waals surface area contributed by atoms with Crippen molar-refractivity contribution in [2.75, 3.05) is 0 Å². The molecule has 0 fully saturated rings. The Morgan fingerprint density at radius 2 is 1.04 bits per heavy atom. The van der Waals surface area contributed by atoms with Gasteiger partial charge in [-0.25, -0.2) is 9.97 Å². The standard InChI is InChI=1S/C22H15ClN2/c23-21-15-20(18-9-5-2-6-10-18)24-22(25-21)19-13-11-17(12-14-19)16-7-3-1-4-8-16/h1-15H. The van der Waals surface area contributed by atoms with Gasteiger partial charge in [-0.2, -0.15) is 0 Å². The average Bonchev–Trinajstić information content (AvgIpc) is 2.69. The maximum absolute atomic E-state index is 6.23. The van der Waals surface area contributed by atoms with E-state index in [0.717, 1.165) is 22.4 Å². The van der Waals surface area contributed by atoms with E-state index in [-0.39, 0.29) is 0 Å². The quantitative estimate of drug-likeness (QED) is 0.418. The minimum absolute atomic E-state index is 0.441. The third kappa shape index (κ3) is 3.44. The summed E-state index contributed by atoms with van der Waals surface area (Å²) in [6.45, 7) is 0. The summed E-state index contributed by atoms with van der Waals surface area (Å²) in [6.07, 6.45) is 0. The van der Waals surface area contributed by atoms with Crippen molar-refractivity contribution in [2.24, 2.45) is 0 Å². The summed E-state index contributed by atoms with van der Waals surface area (Å²) in [7, 11) is 0. The molecule has 120 valence electrons. The normalized spacial score (nSPS) is 10.6. The zero-order valence-corrected chi connectivity index (χ0v) is 14.2. The molecule has 0 atom stereocenters. The Balaban J connectivity index is 1.71. The van der Waals surface area contributed by atoms with E-state index in [2.05, 4.69) is 34.2 Å². The van der Waals surface area contributed by atoms with Gasteiger partial charge in [-0.1, -0.05) is 96.5 Å². The van der Waals surface area contributed by atoms with Crippen LogP contribution in [0.4, 0.5) is 0 Å². The highest BCUT2D eigenvalue weighted by molar-refractivity contribution is 6.29. The van der Waals surface area contributed by atoms with Crippen LogP contribution in [0.1, 0.15) is 0 Å². The molecular formula is C22H15ClN2. The van der Waals surface area contributed by atoms with Gasteiger partial charge in [0.15, 0.2) is 5.82 Å². The summed E-state index contributed by atoms with van der Waals surface area (Å²) in [6, 6.07) is 30.3. The first-order chi connectivity index (χ1) is 12.3. The van der Waals surface area contributed by atoms with Gasteiger partial charge in [-0.05, 0) is 11.1 Å². The summed E-state index contributed by atoms with van der Waals surface area (Å²) in [5.74, 6) is 0.631. The van der Waals surface area contributed by atoms with E-state index in [1.54, 1.807) is 6.07 Å². The molecular weight excluding hydrogens is 328 g/mol. The van der Waals surface area contributed by atoms with Crippen molar-refractivity contribution in [3.05, 3.63) is 96.1 Å². The van der Waals surface area contributed by atoms with Gasteiger partial charge in [0.25, 0.3) is 0 Å². The van der Waals surface area contributed by atoms with Crippen molar-refractivity contribution in [2.45, 2.75) is 0 Å². The first kappa shape index (κ1) is 15.6. The Hall–Kier alpha value is -2.97. The second kappa shape index (κ2) is 6.88. The van der Waals surface area contributed by atoms with Crippen LogP contribution in [-0.2, 0) is 0 Å². The van der Waals surface area contributed by atoms with E-state index in [0.29, 0.717) is 11.0 Å². The predicted molar refractivity (Wildman–Crippen MR) is 103 cm³/mol. The van der Waals surface area contributed by atoms with E-state index in [1.165, 1.54) is 5.56 Å². The zero-order chi connectivity index (χ0) is 17.1. The van der Waals surface area contributed by atoms with E-state index >= 15 is 0 Å². The first-order valence-corrected chi connectivity index (χ1v) is 8.43.